The maximum Gasteiger partial charge on any atom is 0.255 e. The zero-order chi connectivity index (χ0) is 24.9. The highest BCUT2D eigenvalue weighted by Crippen LogP contribution is 2.30. The number of benzene rings is 1. The van der Waals surface area contributed by atoms with E-state index < -0.39 is 0 Å². The maximum atomic E-state index is 13.6. The molecule has 0 spiro atoms. The second-order valence-electron chi connectivity index (χ2n) is 9.58. The molecule has 0 saturated heterocycles. The summed E-state index contributed by atoms with van der Waals surface area (Å²) in [6.07, 6.45) is 7.38. The molecule has 3 N–H and O–H groups in total. The van der Waals surface area contributed by atoms with Gasteiger partial charge in [-0.05, 0) is 56.1 Å². The van der Waals surface area contributed by atoms with Gasteiger partial charge in [-0.15, -0.1) is 0 Å². The van der Waals surface area contributed by atoms with Crippen molar-refractivity contribution < 1.29 is 10.0 Å². The van der Waals surface area contributed by atoms with Crippen LogP contribution in [-0.4, -0.2) is 37.6 Å². The predicted octanol–water partition coefficient (Wildman–Crippen LogP) is 5.64. The molecule has 1 fully saturated rings. The summed E-state index contributed by atoms with van der Waals surface area (Å²) in [4.78, 5) is 18.2. The van der Waals surface area contributed by atoms with E-state index in [4.69, 9.17) is 5.21 Å². The Kier molecular flexibility index (Phi) is 7.68. The highest BCUT2D eigenvalue weighted by Gasteiger charge is 2.24. The SMILES string of the molecule is CCC(NC(=O)c1cnc2c(cnn2CC)c1NC1CCC(=NO)CC1)c1ccc(C(C)C)cc1. The van der Waals surface area contributed by atoms with Crippen molar-refractivity contribution in [2.45, 2.75) is 84.3 Å². The van der Waals surface area contributed by atoms with Crippen molar-refractivity contribution in [3.05, 3.63) is 53.3 Å². The third kappa shape index (κ3) is 5.31. The summed E-state index contributed by atoms with van der Waals surface area (Å²) in [6, 6.07) is 8.58. The average Bonchev–Trinajstić information content (AvgIpc) is 3.31. The molecule has 4 rings (SSSR count). The minimum Gasteiger partial charge on any atom is -0.411 e. The van der Waals surface area contributed by atoms with Crippen LogP contribution in [0, 0.1) is 0 Å². The number of aryl methyl sites for hydroxylation is 1. The van der Waals surface area contributed by atoms with Gasteiger partial charge in [-0.1, -0.05) is 50.2 Å². The van der Waals surface area contributed by atoms with Crippen LogP contribution in [0.1, 0.15) is 93.2 Å². The molecule has 1 unspecified atom stereocenters. The summed E-state index contributed by atoms with van der Waals surface area (Å²) in [5.41, 5.74) is 5.26. The minimum absolute atomic E-state index is 0.0939. The van der Waals surface area contributed by atoms with Gasteiger partial charge in [0.2, 0.25) is 0 Å². The van der Waals surface area contributed by atoms with Crippen LogP contribution >= 0.6 is 0 Å². The molecule has 3 aromatic rings. The highest BCUT2D eigenvalue weighted by atomic mass is 16.4. The van der Waals surface area contributed by atoms with Crippen LogP contribution in [0.4, 0.5) is 5.69 Å². The molecule has 0 aliphatic heterocycles. The molecule has 1 aliphatic carbocycles. The van der Waals surface area contributed by atoms with E-state index in [9.17, 15) is 4.79 Å². The van der Waals surface area contributed by atoms with Crippen LogP contribution < -0.4 is 10.6 Å². The molecule has 1 amide bonds. The van der Waals surface area contributed by atoms with Gasteiger partial charge in [0.15, 0.2) is 5.65 Å². The van der Waals surface area contributed by atoms with E-state index in [-0.39, 0.29) is 18.0 Å². The normalized spacial score (nSPS) is 16.9. The molecule has 2 heterocycles. The monoisotopic (exact) mass is 476 g/mol. The molecule has 1 aliphatic rings. The summed E-state index contributed by atoms with van der Waals surface area (Å²) >= 11 is 0. The third-order valence-corrected chi connectivity index (χ3v) is 6.98. The van der Waals surface area contributed by atoms with Gasteiger partial charge in [0.1, 0.15) is 0 Å². The lowest BCUT2D eigenvalue weighted by Crippen LogP contribution is -2.31. The number of hydrogen-bond donors (Lipinski definition) is 3. The van der Waals surface area contributed by atoms with Gasteiger partial charge in [-0.3, -0.25) is 4.79 Å². The Hall–Kier alpha value is -3.42. The quantitative estimate of drug-likeness (QED) is 0.288. The van der Waals surface area contributed by atoms with Crippen molar-refractivity contribution in [1.29, 1.82) is 0 Å². The maximum absolute atomic E-state index is 13.6. The molecule has 186 valence electrons. The molecule has 1 saturated carbocycles. The molecular weight excluding hydrogens is 440 g/mol. The number of amides is 1. The first kappa shape index (κ1) is 24.7. The molecule has 8 nitrogen and oxygen atoms in total. The fraction of sp³-hybridized carbons (Fsp3) is 0.481. The van der Waals surface area contributed by atoms with E-state index in [1.807, 2.05) is 11.6 Å². The zero-order valence-corrected chi connectivity index (χ0v) is 21.1. The number of nitrogens with one attached hydrogen (secondary N) is 2. The van der Waals surface area contributed by atoms with Gasteiger partial charge in [-0.2, -0.15) is 5.10 Å². The summed E-state index contributed by atoms with van der Waals surface area (Å²) in [6.45, 7) is 9.16. The summed E-state index contributed by atoms with van der Waals surface area (Å²) in [7, 11) is 0. The van der Waals surface area contributed by atoms with Crippen molar-refractivity contribution >= 4 is 28.3 Å². The number of aromatic nitrogens is 3. The van der Waals surface area contributed by atoms with Gasteiger partial charge in [0, 0.05) is 18.8 Å². The van der Waals surface area contributed by atoms with Gasteiger partial charge in [0.25, 0.3) is 5.91 Å². The number of carbonyl (C=O) groups excluding carboxylic acids is 1. The van der Waals surface area contributed by atoms with E-state index in [0.29, 0.717) is 18.0 Å². The number of fused-ring (bicyclic) bond motifs is 1. The van der Waals surface area contributed by atoms with Crippen LogP contribution in [0.5, 0.6) is 0 Å². The number of rotatable bonds is 8. The Labute approximate surface area is 206 Å². The number of anilines is 1. The minimum atomic E-state index is -0.153. The van der Waals surface area contributed by atoms with E-state index in [1.54, 1.807) is 12.4 Å². The fourth-order valence-corrected chi connectivity index (χ4v) is 4.76. The summed E-state index contributed by atoms with van der Waals surface area (Å²) in [5, 5.41) is 24.6. The molecule has 0 bridgehead atoms. The Morgan fingerprint density at radius 2 is 1.83 bits per heavy atom. The Morgan fingerprint density at radius 1 is 1.14 bits per heavy atom. The topological polar surface area (TPSA) is 104 Å². The molecule has 35 heavy (non-hydrogen) atoms. The van der Waals surface area contributed by atoms with Crippen LogP contribution in [0.25, 0.3) is 11.0 Å². The fourth-order valence-electron chi connectivity index (χ4n) is 4.76. The van der Waals surface area contributed by atoms with Crippen LogP contribution in [0.15, 0.2) is 41.8 Å². The zero-order valence-electron chi connectivity index (χ0n) is 21.1. The summed E-state index contributed by atoms with van der Waals surface area (Å²) < 4.78 is 1.84. The highest BCUT2D eigenvalue weighted by molar-refractivity contribution is 6.06. The van der Waals surface area contributed by atoms with E-state index in [0.717, 1.165) is 60.1 Å². The van der Waals surface area contributed by atoms with Crippen molar-refractivity contribution in [3.63, 3.8) is 0 Å². The summed E-state index contributed by atoms with van der Waals surface area (Å²) in [5.74, 6) is 0.313. The number of oxime groups is 1. The first-order valence-corrected chi connectivity index (χ1v) is 12.7. The second-order valence-corrected chi connectivity index (χ2v) is 9.58. The molecule has 8 heteroatoms. The standard InChI is InChI=1S/C27H36N6O2/c1-5-24(19-9-7-18(8-10-19)17(3)4)31-27(34)23-15-28-26-22(16-29-33(26)6-2)25(23)30-20-11-13-21(32-35)14-12-20/h7-10,15-17,20,24,35H,5-6,11-14H2,1-4H3,(H,28,30)(H,31,34). The lowest BCUT2D eigenvalue weighted by Gasteiger charge is -2.26. The number of hydrogen-bond acceptors (Lipinski definition) is 6. The average molecular weight is 477 g/mol. The Balaban J connectivity index is 1.62. The van der Waals surface area contributed by atoms with E-state index >= 15 is 0 Å². The Morgan fingerprint density at radius 3 is 2.43 bits per heavy atom. The van der Waals surface area contributed by atoms with Crippen molar-refractivity contribution in [2.24, 2.45) is 5.16 Å². The first-order valence-electron chi connectivity index (χ1n) is 12.7. The van der Waals surface area contributed by atoms with Crippen molar-refractivity contribution in [2.75, 3.05) is 5.32 Å². The van der Waals surface area contributed by atoms with Crippen LogP contribution in [0.3, 0.4) is 0 Å². The first-order chi connectivity index (χ1) is 16.9. The second kappa shape index (κ2) is 10.9. The van der Waals surface area contributed by atoms with Crippen molar-refractivity contribution in [3.8, 4) is 0 Å². The van der Waals surface area contributed by atoms with Gasteiger partial charge in [0.05, 0.1) is 34.6 Å². The number of nitrogens with zero attached hydrogens (tertiary/aromatic N) is 4. The lowest BCUT2D eigenvalue weighted by atomic mass is 9.93. The molecule has 2 aromatic heterocycles. The van der Waals surface area contributed by atoms with Crippen LogP contribution in [0.2, 0.25) is 0 Å². The third-order valence-electron chi connectivity index (χ3n) is 6.98. The number of pyridine rings is 1. The van der Waals surface area contributed by atoms with E-state index in [2.05, 4.69) is 70.9 Å². The lowest BCUT2D eigenvalue weighted by molar-refractivity contribution is 0.0936. The van der Waals surface area contributed by atoms with E-state index in [1.165, 1.54) is 5.56 Å². The number of carbonyl (C=O) groups is 1. The molecular formula is C27H36N6O2. The molecule has 0 radical (unpaired) electrons. The Bertz CT molecular complexity index is 1190. The van der Waals surface area contributed by atoms with Crippen molar-refractivity contribution in [1.82, 2.24) is 20.1 Å². The van der Waals surface area contributed by atoms with Crippen LogP contribution in [-0.2, 0) is 6.54 Å². The predicted molar refractivity (Wildman–Crippen MR) is 139 cm³/mol. The molecule has 1 aromatic carbocycles. The largest absolute Gasteiger partial charge is 0.411 e. The van der Waals surface area contributed by atoms with Gasteiger partial charge >= 0.3 is 0 Å². The molecule has 1 atom stereocenters. The van der Waals surface area contributed by atoms with Gasteiger partial charge in [-0.25, -0.2) is 9.67 Å². The smallest absolute Gasteiger partial charge is 0.255 e. The van der Waals surface area contributed by atoms with Gasteiger partial charge < -0.3 is 15.8 Å².